The highest BCUT2D eigenvalue weighted by Crippen LogP contribution is 2.10. The van der Waals surface area contributed by atoms with Gasteiger partial charge in [0.05, 0.1) is 5.56 Å². The molecule has 0 spiro atoms. The zero-order valence-electron chi connectivity index (χ0n) is 8.44. The summed E-state index contributed by atoms with van der Waals surface area (Å²) >= 11 is 0. The topological polar surface area (TPSA) is 71.2 Å². The number of nitrogen functional groups attached to an aromatic ring is 1. The Balaban J connectivity index is 2.16. The van der Waals surface area contributed by atoms with Crippen molar-refractivity contribution in [2.75, 3.05) is 31.9 Å². The number of anilines is 1. The van der Waals surface area contributed by atoms with Crippen molar-refractivity contribution >= 4 is 11.7 Å². The molecule has 0 saturated carbocycles. The van der Waals surface area contributed by atoms with Gasteiger partial charge in [0.1, 0.15) is 5.82 Å². The second-order valence-corrected chi connectivity index (χ2v) is 3.48. The molecule has 3 N–H and O–H groups in total. The van der Waals surface area contributed by atoms with Crippen molar-refractivity contribution in [1.82, 2.24) is 15.2 Å². The molecule has 5 nitrogen and oxygen atoms in total. The van der Waals surface area contributed by atoms with Crippen molar-refractivity contribution in [3.63, 3.8) is 0 Å². The van der Waals surface area contributed by atoms with Gasteiger partial charge in [0.2, 0.25) is 0 Å². The van der Waals surface area contributed by atoms with Crippen LogP contribution in [0.4, 0.5) is 5.82 Å². The third kappa shape index (κ3) is 2.07. The Hall–Kier alpha value is -1.62. The maximum absolute atomic E-state index is 12.0. The van der Waals surface area contributed by atoms with Crippen LogP contribution in [0.1, 0.15) is 10.4 Å². The van der Waals surface area contributed by atoms with E-state index in [0.29, 0.717) is 11.4 Å². The van der Waals surface area contributed by atoms with Gasteiger partial charge in [-0.3, -0.25) is 4.79 Å². The normalized spacial score (nSPS) is 16.4. The molecule has 0 radical (unpaired) electrons. The summed E-state index contributed by atoms with van der Waals surface area (Å²) in [6.45, 7) is 3.14. The standard InChI is InChI=1S/C10H14N4O/c11-9-8(2-1-3-13-9)10(15)14-6-4-12-5-7-14/h1-3,12H,4-7H2,(H2,11,13). The number of rotatable bonds is 1. The molecule has 0 unspecified atom stereocenters. The van der Waals surface area contributed by atoms with Crippen LogP contribution in [-0.4, -0.2) is 42.0 Å². The smallest absolute Gasteiger partial charge is 0.257 e. The lowest BCUT2D eigenvalue weighted by Gasteiger charge is -2.27. The molecule has 1 aromatic rings. The monoisotopic (exact) mass is 206 g/mol. The fourth-order valence-corrected chi connectivity index (χ4v) is 1.64. The van der Waals surface area contributed by atoms with E-state index in [-0.39, 0.29) is 5.91 Å². The molecule has 0 aliphatic carbocycles. The number of hydrogen-bond donors (Lipinski definition) is 2. The highest BCUT2D eigenvalue weighted by molar-refractivity contribution is 5.98. The van der Waals surface area contributed by atoms with Crippen LogP contribution in [0.2, 0.25) is 0 Å². The van der Waals surface area contributed by atoms with Gasteiger partial charge in [0, 0.05) is 32.4 Å². The average molecular weight is 206 g/mol. The summed E-state index contributed by atoms with van der Waals surface area (Å²) in [5.41, 5.74) is 6.15. The first-order valence-electron chi connectivity index (χ1n) is 4.99. The SMILES string of the molecule is Nc1ncccc1C(=O)N1CCNCC1. The highest BCUT2D eigenvalue weighted by Gasteiger charge is 2.19. The van der Waals surface area contributed by atoms with Crippen molar-refractivity contribution in [1.29, 1.82) is 0 Å². The summed E-state index contributed by atoms with van der Waals surface area (Å²) in [4.78, 5) is 17.7. The number of nitrogens with two attached hydrogens (primary N) is 1. The minimum atomic E-state index is -0.0258. The first-order chi connectivity index (χ1) is 7.29. The van der Waals surface area contributed by atoms with Gasteiger partial charge in [-0.25, -0.2) is 4.98 Å². The second kappa shape index (κ2) is 4.27. The average Bonchev–Trinajstić information content (AvgIpc) is 2.30. The number of carbonyl (C=O) groups excluding carboxylic acids is 1. The van der Waals surface area contributed by atoms with Crippen LogP contribution >= 0.6 is 0 Å². The molecule has 1 amide bonds. The van der Waals surface area contributed by atoms with E-state index < -0.39 is 0 Å². The number of nitrogens with one attached hydrogen (secondary N) is 1. The largest absolute Gasteiger partial charge is 0.383 e. The van der Waals surface area contributed by atoms with E-state index in [1.807, 2.05) is 0 Å². The van der Waals surface area contributed by atoms with Crippen LogP contribution in [0.15, 0.2) is 18.3 Å². The van der Waals surface area contributed by atoms with E-state index >= 15 is 0 Å². The van der Waals surface area contributed by atoms with Crippen LogP contribution < -0.4 is 11.1 Å². The van der Waals surface area contributed by atoms with E-state index in [4.69, 9.17) is 5.73 Å². The van der Waals surface area contributed by atoms with Gasteiger partial charge in [-0.1, -0.05) is 0 Å². The Labute approximate surface area is 88.3 Å². The van der Waals surface area contributed by atoms with E-state index in [0.717, 1.165) is 26.2 Å². The summed E-state index contributed by atoms with van der Waals surface area (Å²) in [6, 6.07) is 3.44. The number of pyridine rings is 1. The predicted molar refractivity (Wildman–Crippen MR) is 57.4 cm³/mol. The molecule has 0 aromatic carbocycles. The van der Waals surface area contributed by atoms with Gasteiger partial charge >= 0.3 is 0 Å². The van der Waals surface area contributed by atoms with Crippen LogP contribution in [0.3, 0.4) is 0 Å². The molecule has 1 fully saturated rings. The van der Waals surface area contributed by atoms with Crippen molar-refractivity contribution in [3.8, 4) is 0 Å². The van der Waals surface area contributed by atoms with Crippen LogP contribution in [0, 0.1) is 0 Å². The summed E-state index contributed by atoms with van der Waals surface area (Å²) in [6.07, 6.45) is 1.59. The van der Waals surface area contributed by atoms with E-state index in [2.05, 4.69) is 10.3 Å². The van der Waals surface area contributed by atoms with Gasteiger partial charge in [0.25, 0.3) is 5.91 Å². The lowest BCUT2D eigenvalue weighted by atomic mass is 10.2. The summed E-state index contributed by atoms with van der Waals surface area (Å²) in [5, 5.41) is 3.19. The van der Waals surface area contributed by atoms with Gasteiger partial charge in [-0.15, -0.1) is 0 Å². The first-order valence-corrected chi connectivity index (χ1v) is 4.99. The van der Waals surface area contributed by atoms with Gasteiger partial charge in [-0.2, -0.15) is 0 Å². The lowest BCUT2D eigenvalue weighted by molar-refractivity contribution is 0.0736. The van der Waals surface area contributed by atoms with E-state index in [9.17, 15) is 4.79 Å². The summed E-state index contributed by atoms with van der Waals surface area (Å²) in [5.74, 6) is 0.281. The van der Waals surface area contributed by atoms with E-state index in [1.54, 1.807) is 23.2 Å². The number of hydrogen-bond acceptors (Lipinski definition) is 4. The van der Waals surface area contributed by atoms with Crippen molar-refractivity contribution in [2.24, 2.45) is 0 Å². The number of amides is 1. The first kappa shape index (κ1) is 9.92. The molecule has 1 aromatic heterocycles. The third-order valence-corrected chi connectivity index (χ3v) is 2.47. The molecular weight excluding hydrogens is 192 g/mol. The Bertz CT molecular complexity index is 360. The summed E-state index contributed by atoms with van der Waals surface area (Å²) in [7, 11) is 0. The second-order valence-electron chi connectivity index (χ2n) is 3.48. The number of piperazine rings is 1. The summed E-state index contributed by atoms with van der Waals surface area (Å²) < 4.78 is 0. The maximum Gasteiger partial charge on any atom is 0.257 e. The molecule has 1 aliphatic heterocycles. The van der Waals surface area contributed by atoms with Crippen molar-refractivity contribution < 1.29 is 4.79 Å². The molecular formula is C10H14N4O. The minimum absolute atomic E-state index is 0.0258. The van der Waals surface area contributed by atoms with Crippen molar-refractivity contribution in [2.45, 2.75) is 0 Å². The van der Waals surface area contributed by atoms with Crippen LogP contribution in [-0.2, 0) is 0 Å². The molecule has 1 saturated heterocycles. The van der Waals surface area contributed by atoms with Crippen molar-refractivity contribution in [3.05, 3.63) is 23.9 Å². The molecule has 5 heteroatoms. The minimum Gasteiger partial charge on any atom is -0.383 e. The quantitative estimate of drug-likeness (QED) is 0.662. The Kier molecular flexibility index (Phi) is 2.82. The van der Waals surface area contributed by atoms with Gasteiger partial charge in [-0.05, 0) is 12.1 Å². The molecule has 1 aliphatic rings. The molecule has 0 atom stereocenters. The molecule has 80 valence electrons. The van der Waals surface area contributed by atoms with Gasteiger partial charge in [0.15, 0.2) is 0 Å². The van der Waals surface area contributed by atoms with Crippen LogP contribution in [0.25, 0.3) is 0 Å². The molecule has 15 heavy (non-hydrogen) atoms. The van der Waals surface area contributed by atoms with Crippen LogP contribution in [0.5, 0.6) is 0 Å². The van der Waals surface area contributed by atoms with E-state index in [1.165, 1.54) is 0 Å². The Morgan fingerprint density at radius 1 is 1.47 bits per heavy atom. The Morgan fingerprint density at radius 3 is 2.87 bits per heavy atom. The maximum atomic E-state index is 12.0. The molecule has 0 bridgehead atoms. The van der Waals surface area contributed by atoms with Gasteiger partial charge < -0.3 is 16.0 Å². The molecule has 2 rings (SSSR count). The fraction of sp³-hybridized carbons (Fsp3) is 0.400. The molecule has 2 heterocycles. The fourth-order valence-electron chi connectivity index (χ4n) is 1.64. The number of carbonyl (C=O) groups is 1. The zero-order chi connectivity index (χ0) is 10.7. The zero-order valence-corrected chi connectivity index (χ0v) is 8.44. The highest BCUT2D eigenvalue weighted by atomic mass is 16.2. The lowest BCUT2D eigenvalue weighted by Crippen LogP contribution is -2.46. The predicted octanol–water partition coefficient (Wildman–Crippen LogP) is -0.291. The third-order valence-electron chi connectivity index (χ3n) is 2.47. The number of aromatic nitrogens is 1. The number of nitrogens with zero attached hydrogens (tertiary/aromatic N) is 2. The Morgan fingerprint density at radius 2 is 2.20 bits per heavy atom.